The molecule has 0 saturated carbocycles. The molecule has 2 aromatic heterocycles. The lowest BCUT2D eigenvalue weighted by molar-refractivity contribution is -0.134. The van der Waals surface area contributed by atoms with E-state index < -0.39 is 11.9 Å². The Balaban J connectivity index is 0.000000265. The molecule has 0 spiro atoms. The molecule has 5 heterocycles. The van der Waals surface area contributed by atoms with Gasteiger partial charge < -0.3 is 29.0 Å². The van der Waals surface area contributed by atoms with Gasteiger partial charge in [-0.1, -0.05) is 11.2 Å². The average molecular weight is 439 g/mol. The highest BCUT2D eigenvalue weighted by atomic mass is 16.4. The molecule has 3 aliphatic heterocycles. The molecule has 2 N–H and O–H groups in total. The minimum atomic E-state index is -1.26. The quantitative estimate of drug-likeness (QED) is 0.589. The van der Waals surface area contributed by atoms with Crippen molar-refractivity contribution < 1.29 is 24.2 Å². The van der Waals surface area contributed by atoms with Crippen molar-refractivity contribution in [3.63, 3.8) is 0 Å². The van der Waals surface area contributed by atoms with Crippen LogP contribution in [0.2, 0.25) is 0 Å². The van der Waals surface area contributed by atoms with Gasteiger partial charge in [0, 0.05) is 68.7 Å². The van der Waals surface area contributed by atoms with Crippen molar-refractivity contribution in [3.8, 4) is 11.5 Å². The van der Waals surface area contributed by atoms with Crippen molar-refractivity contribution >= 4 is 28.9 Å². The zero-order valence-electron chi connectivity index (χ0n) is 17.7. The number of carboxylic acids is 2. The fraction of sp³-hybridized carbons (Fsp3) is 0.364. The SMILES string of the molecule is Cn1ccc2ccc(-c3nnc(N4CCN5CCC4CC5)o3)cc21.O=C(O)/C=C/C(=O)O. The highest BCUT2D eigenvalue weighted by Gasteiger charge is 2.31. The van der Waals surface area contributed by atoms with Crippen molar-refractivity contribution in [1.29, 1.82) is 0 Å². The molecule has 2 bridgehead atoms. The second-order valence-electron chi connectivity index (χ2n) is 7.87. The lowest BCUT2D eigenvalue weighted by atomic mass is 10.1. The van der Waals surface area contributed by atoms with Crippen LogP contribution in [0, 0.1) is 0 Å². The molecule has 0 aliphatic carbocycles. The lowest BCUT2D eigenvalue weighted by Gasteiger charge is -2.29. The Morgan fingerprint density at radius 1 is 1.03 bits per heavy atom. The van der Waals surface area contributed by atoms with Crippen molar-refractivity contribution in [2.75, 3.05) is 31.1 Å². The minimum Gasteiger partial charge on any atom is -0.478 e. The summed E-state index contributed by atoms with van der Waals surface area (Å²) in [5, 5.41) is 25.5. The van der Waals surface area contributed by atoms with Crippen LogP contribution in [0.3, 0.4) is 0 Å². The molecular formula is C22H25N5O5. The summed E-state index contributed by atoms with van der Waals surface area (Å²) in [7, 11) is 2.05. The van der Waals surface area contributed by atoms with Crippen LogP contribution in [-0.2, 0) is 16.6 Å². The third-order valence-electron chi connectivity index (χ3n) is 5.82. The van der Waals surface area contributed by atoms with Crippen LogP contribution < -0.4 is 4.90 Å². The van der Waals surface area contributed by atoms with E-state index in [4.69, 9.17) is 14.6 Å². The summed E-state index contributed by atoms with van der Waals surface area (Å²) in [6.07, 6.45) is 5.56. The monoisotopic (exact) mass is 439 g/mol. The Kier molecular flexibility index (Phi) is 6.22. The summed E-state index contributed by atoms with van der Waals surface area (Å²) in [6, 6.07) is 9.60. The van der Waals surface area contributed by atoms with Gasteiger partial charge in [0.25, 0.3) is 0 Å². The molecule has 3 saturated heterocycles. The van der Waals surface area contributed by atoms with Crippen molar-refractivity contribution in [3.05, 3.63) is 42.6 Å². The topological polar surface area (TPSA) is 125 Å². The van der Waals surface area contributed by atoms with Gasteiger partial charge in [-0.25, -0.2) is 9.59 Å². The first kappa shape index (κ1) is 21.6. The molecule has 168 valence electrons. The Morgan fingerprint density at radius 2 is 1.75 bits per heavy atom. The van der Waals surface area contributed by atoms with Gasteiger partial charge in [0.2, 0.25) is 5.89 Å². The van der Waals surface area contributed by atoms with E-state index in [0.717, 1.165) is 18.7 Å². The maximum absolute atomic E-state index is 9.55. The molecule has 0 radical (unpaired) electrons. The second kappa shape index (κ2) is 9.23. The predicted octanol–water partition coefficient (Wildman–Crippen LogP) is 2.22. The van der Waals surface area contributed by atoms with Crippen molar-refractivity contribution in [1.82, 2.24) is 19.7 Å². The number of hydrogen-bond acceptors (Lipinski definition) is 7. The number of anilines is 1. The van der Waals surface area contributed by atoms with E-state index in [9.17, 15) is 9.59 Å². The van der Waals surface area contributed by atoms with E-state index in [0.29, 0.717) is 30.1 Å². The standard InChI is InChI=1S/C18H21N5O.C4H4O4/c1-21-7-4-13-2-3-14(12-16(13)21)17-19-20-18(24-17)23-11-10-22-8-5-15(23)6-9-22;5-3(6)1-2-4(7)8/h2-4,7,12,15H,5-6,8-11H2,1H3;1-2H,(H,5,6)(H,7,8)/b;2-1+. The summed E-state index contributed by atoms with van der Waals surface area (Å²) in [6.45, 7) is 4.44. The van der Waals surface area contributed by atoms with Gasteiger partial charge in [-0.2, -0.15) is 0 Å². The summed E-state index contributed by atoms with van der Waals surface area (Å²) < 4.78 is 8.17. The Labute approximate surface area is 184 Å². The molecule has 10 nitrogen and oxygen atoms in total. The Morgan fingerprint density at radius 3 is 2.44 bits per heavy atom. The lowest BCUT2D eigenvalue weighted by Crippen LogP contribution is -2.38. The molecule has 1 aromatic carbocycles. The maximum Gasteiger partial charge on any atom is 0.328 e. The van der Waals surface area contributed by atoms with Crippen molar-refractivity contribution in [2.24, 2.45) is 7.05 Å². The number of aliphatic carboxylic acids is 2. The molecule has 0 unspecified atom stereocenters. The van der Waals surface area contributed by atoms with E-state index in [1.54, 1.807) is 0 Å². The Hall–Kier alpha value is -3.66. The van der Waals surface area contributed by atoms with E-state index in [1.165, 1.54) is 36.8 Å². The molecule has 0 amide bonds. The van der Waals surface area contributed by atoms with E-state index in [1.807, 2.05) is 0 Å². The number of benzene rings is 1. The average Bonchev–Trinajstić information content (AvgIpc) is 3.30. The molecular weight excluding hydrogens is 414 g/mol. The molecule has 0 atom stereocenters. The normalized spacial score (nSPS) is 20.2. The number of nitrogens with zero attached hydrogens (tertiary/aromatic N) is 5. The van der Waals surface area contributed by atoms with E-state index in [-0.39, 0.29) is 0 Å². The fourth-order valence-electron chi connectivity index (χ4n) is 4.12. The van der Waals surface area contributed by atoms with Crippen LogP contribution in [0.15, 0.2) is 47.0 Å². The zero-order valence-corrected chi connectivity index (χ0v) is 17.7. The third-order valence-corrected chi connectivity index (χ3v) is 5.82. The van der Waals surface area contributed by atoms with Crippen molar-refractivity contribution in [2.45, 2.75) is 18.9 Å². The number of rotatable bonds is 4. The van der Waals surface area contributed by atoms with Gasteiger partial charge in [-0.3, -0.25) is 0 Å². The molecule has 6 rings (SSSR count). The highest BCUT2D eigenvalue weighted by molar-refractivity contribution is 5.89. The third kappa shape index (κ3) is 4.80. The Bertz CT molecular complexity index is 1130. The molecule has 3 aliphatic rings. The van der Waals surface area contributed by atoms with Crippen LogP contribution in [0.4, 0.5) is 6.01 Å². The van der Waals surface area contributed by atoms with E-state index >= 15 is 0 Å². The smallest absolute Gasteiger partial charge is 0.328 e. The van der Waals surface area contributed by atoms with E-state index in [2.05, 4.69) is 62.1 Å². The molecule has 3 aromatic rings. The molecule has 3 fully saturated rings. The fourth-order valence-corrected chi connectivity index (χ4v) is 4.12. The molecule has 32 heavy (non-hydrogen) atoms. The maximum atomic E-state index is 9.55. The summed E-state index contributed by atoms with van der Waals surface area (Å²) in [4.78, 5) is 23.9. The first-order chi connectivity index (χ1) is 15.4. The largest absolute Gasteiger partial charge is 0.478 e. The number of aryl methyl sites for hydroxylation is 1. The summed E-state index contributed by atoms with van der Waals surface area (Å²) >= 11 is 0. The first-order valence-electron chi connectivity index (χ1n) is 10.4. The number of fused-ring (bicyclic) bond motifs is 5. The van der Waals surface area contributed by atoms with Gasteiger partial charge in [0.05, 0.1) is 0 Å². The van der Waals surface area contributed by atoms with Crippen LogP contribution in [0.5, 0.6) is 0 Å². The number of carboxylic acid groups (broad SMARTS) is 2. The van der Waals surface area contributed by atoms with Crippen LogP contribution >= 0.6 is 0 Å². The number of piperidine rings is 1. The second-order valence-corrected chi connectivity index (χ2v) is 7.87. The summed E-state index contributed by atoms with van der Waals surface area (Å²) in [5.74, 6) is -1.91. The van der Waals surface area contributed by atoms with Gasteiger partial charge in [0.15, 0.2) is 0 Å². The summed E-state index contributed by atoms with van der Waals surface area (Å²) in [5.41, 5.74) is 2.15. The number of aromatic nitrogens is 3. The first-order valence-corrected chi connectivity index (χ1v) is 10.4. The predicted molar refractivity (Wildman–Crippen MR) is 117 cm³/mol. The van der Waals surface area contributed by atoms with Gasteiger partial charge in [0.1, 0.15) is 0 Å². The van der Waals surface area contributed by atoms with Crippen LogP contribution in [-0.4, -0.2) is 74.0 Å². The zero-order chi connectivity index (χ0) is 22.7. The van der Waals surface area contributed by atoms with Crippen LogP contribution in [0.1, 0.15) is 12.8 Å². The van der Waals surface area contributed by atoms with Gasteiger partial charge in [-0.05, 0) is 36.4 Å². The minimum absolute atomic E-state index is 0.535. The van der Waals surface area contributed by atoms with Crippen LogP contribution in [0.25, 0.3) is 22.4 Å². The number of hydrogen-bond donors (Lipinski definition) is 2. The van der Waals surface area contributed by atoms with Gasteiger partial charge >= 0.3 is 18.0 Å². The highest BCUT2D eigenvalue weighted by Crippen LogP contribution is 2.29. The van der Waals surface area contributed by atoms with Gasteiger partial charge in [-0.15, -0.1) is 5.10 Å². The number of carbonyl (C=O) groups is 2. The molecule has 10 heteroatoms.